The number of ether oxygens (including phenoxy) is 2. The number of carbonyl (C=O) groups excluding carboxylic acids is 1. The van der Waals surface area contributed by atoms with Crippen LogP contribution in [0.15, 0.2) is 30.3 Å². The van der Waals surface area contributed by atoms with Gasteiger partial charge in [0, 0.05) is 23.9 Å². The largest absolute Gasteiger partial charge is 0.489 e. The van der Waals surface area contributed by atoms with Crippen molar-refractivity contribution in [3.05, 3.63) is 52.6 Å². The Labute approximate surface area is 158 Å². The Kier molecular flexibility index (Phi) is 6.21. The molecule has 0 fully saturated rings. The monoisotopic (exact) mass is 399 g/mol. The molecule has 138 valence electrons. The predicted molar refractivity (Wildman–Crippen MR) is 98.2 cm³/mol. The number of thioether (sulfide) groups is 1. The first-order chi connectivity index (χ1) is 12.5. The van der Waals surface area contributed by atoms with Crippen LogP contribution in [0.2, 0.25) is 5.02 Å². The molecule has 0 saturated carbocycles. The maximum absolute atomic E-state index is 13.1. The molecule has 1 heterocycles. The van der Waals surface area contributed by atoms with Crippen molar-refractivity contribution in [3.8, 4) is 11.5 Å². The first kappa shape index (κ1) is 18.8. The summed E-state index contributed by atoms with van der Waals surface area (Å²) in [5, 5.41) is 3.01. The zero-order valence-corrected chi connectivity index (χ0v) is 15.3. The Morgan fingerprint density at radius 3 is 2.77 bits per heavy atom. The van der Waals surface area contributed by atoms with Gasteiger partial charge in [-0.25, -0.2) is 8.78 Å². The standard InChI is InChI=1S/C18H16ClF2NO3S/c19-13-6-11(7-16-18(13)25-5-1-4-24-16)9-26-10-17(23)22-12-2-3-14(20)15(21)8-12/h2-3,6-8H,1,4-5,9-10H2,(H,22,23). The number of carbonyl (C=O) groups is 1. The molecule has 1 N–H and O–H groups in total. The quantitative estimate of drug-likeness (QED) is 0.795. The normalized spacial score (nSPS) is 13.2. The van der Waals surface area contributed by atoms with Crippen molar-refractivity contribution in [1.29, 1.82) is 0 Å². The van der Waals surface area contributed by atoms with Gasteiger partial charge >= 0.3 is 0 Å². The van der Waals surface area contributed by atoms with E-state index in [-0.39, 0.29) is 17.3 Å². The average Bonchev–Trinajstić information content (AvgIpc) is 2.84. The van der Waals surface area contributed by atoms with E-state index in [1.807, 2.05) is 6.07 Å². The zero-order chi connectivity index (χ0) is 18.5. The van der Waals surface area contributed by atoms with E-state index in [0.29, 0.717) is 35.5 Å². The molecule has 1 amide bonds. The lowest BCUT2D eigenvalue weighted by atomic mass is 10.2. The molecular weight excluding hydrogens is 384 g/mol. The Morgan fingerprint density at radius 1 is 1.15 bits per heavy atom. The molecule has 0 atom stereocenters. The minimum atomic E-state index is -1.00. The summed E-state index contributed by atoms with van der Waals surface area (Å²) >= 11 is 7.61. The molecule has 4 nitrogen and oxygen atoms in total. The maximum atomic E-state index is 13.1. The van der Waals surface area contributed by atoms with Crippen LogP contribution in [0.4, 0.5) is 14.5 Å². The lowest BCUT2D eigenvalue weighted by molar-refractivity contribution is -0.113. The Morgan fingerprint density at radius 2 is 1.96 bits per heavy atom. The van der Waals surface area contributed by atoms with Gasteiger partial charge in [0.2, 0.25) is 5.91 Å². The van der Waals surface area contributed by atoms with E-state index in [9.17, 15) is 13.6 Å². The van der Waals surface area contributed by atoms with Crippen LogP contribution in [0.5, 0.6) is 11.5 Å². The third kappa shape index (κ3) is 4.80. The summed E-state index contributed by atoms with van der Waals surface area (Å²) < 4.78 is 37.2. The number of fused-ring (bicyclic) bond motifs is 1. The van der Waals surface area contributed by atoms with Gasteiger partial charge in [-0.05, 0) is 29.8 Å². The van der Waals surface area contributed by atoms with E-state index >= 15 is 0 Å². The van der Waals surface area contributed by atoms with Gasteiger partial charge in [-0.15, -0.1) is 11.8 Å². The molecule has 0 saturated heterocycles. The first-order valence-electron chi connectivity index (χ1n) is 7.93. The van der Waals surface area contributed by atoms with Crippen molar-refractivity contribution in [2.45, 2.75) is 12.2 Å². The number of benzene rings is 2. The van der Waals surface area contributed by atoms with Gasteiger partial charge in [0.15, 0.2) is 23.1 Å². The van der Waals surface area contributed by atoms with E-state index in [1.54, 1.807) is 6.07 Å². The molecule has 2 aromatic rings. The van der Waals surface area contributed by atoms with E-state index in [0.717, 1.165) is 24.1 Å². The highest BCUT2D eigenvalue weighted by molar-refractivity contribution is 7.99. The highest BCUT2D eigenvalue weighted by Gasteiger charge is 2.16. The molecule has 2 aromatic carbocycles. The Hall–Kier alpha value is -1.99. The first-order valence-corrected chi connectivity index (χ1v) is 9.47. The third-order valence-electron chi connectivity index (χ3n) is 3.57. The summed E-state index contributed by atoms with van der Waals surface area (Å²) in [6.07, 6.45) is 0.791. The van der Waals surface area contributed by atoms with Gasteiger partial charge in [-0.2, -0.15) is 0 Å². The molecule has 8 heteroatoms. The van der Waals surface area contributed by atoms with Crippen molar-refractivity contribution < 1.29 is 23.0 Å². The number of amides is 1. The minimum absolute atomic E-state index is 0.158. The minimum Gasteiger partial charge on any atom is -0.489 e. The second-order valence-corrected chi connectivity index (χ2v) is 7.02. The molecule has 3 rings (SSSR count). The second kappa shape index (κ2) is 8.60. The number of anilines is 1. The van der Waals surface area contributed by atoms with E-state index in [4.69, 9.17) is 21.1 Å². The molecule has 0 radical (unpaired) electrons. The maximum Gasteiger partial charge on any atom is 0.234 e. The highest BCUT2D eigenvalue weighted by atomic mass is 35.5. The van der Waals surface area contributed by atoms with Crippen LogP contribution in [-0.4, -0.2) is 24.9 Å². The molecule has 0 aromatic heterocycles. The van der Waals surface area contributed by atoms with E-state index in [1.165, 1.54) is 17.8 Å². The average molecular weight is 400 g/mol. The predicted octanol–water partition coefficient (Wildman–Crippen LogP) is 4.65. The second-order valence-electron chi connectivity index (χ2n) is 5.63. The summed E-state index contributed by atoms with van der Waals surface area (Å²) in [7, 11) is 0. The van der Waals surface area contributed by atoms with Gasteiger partial charge in [-0.1, -0.05) is 11.6 Å². The van der Waals surface area contributed by atoms with Crippen molar-refractivity contribution in [1.82, 2.24) is 0 Å². The van der Waals surface area contributed by atoms with Crippen molar-refractivity contribution >= 4 is 35.0 Å². The van der Waals surface area contributed by atoms with Crippen LogP contribution < -0.4 is 14.8 Å². The van der Waals surface area contributed by atoms with Crippen LogP contribution in [-0.2, 0) is 10.5 Å². The van der Waals surface area contributed by atoms with Gasteiger partial charge in [0.25, 0.3) is 0 Å². The zero-order valence-electron chi connectivity index (χ0n) is 13.7. The molecule has 0 unspecified atom stereocenters. The van der Waals surface area contributed by atoms with Gasteiger partial charge in [-0.3, -0.25) is 4.79 Å². The summed E-state index contributed by atoms with van der Waals surface area (Å²) in [4.78, 5) is 11.9. The fourth-order valence-electron chi connectivity index (χ4n) is 2.40. The molecule has 1 aliphatic heterocycles. The molecule has 0 aliphatic carbocycles. The molecule has 0 bridgehead atoms. The summed E-state index contributed by atoms with van der Waals surface area (Å²) in [5.41, 5.74) is 1.12. The van der Waals surface area contributed by atoms with Crippen LogP contribution in [0.3, 0.4) is 0 Å². The molecule has 1 aliphatic rings. The third-order valence-corrected chi connectivity index (χ3v) is 4.85. The highest BCUT2D eigenvalue weighted by Crippen LogP contribution is 2.38. The van der Waals surface area contributed by atoms with Crippen LogP contribution in [0.25, 0.3) is 0 Å². The van der Waals surface area contributed by atoms with E-state index in [2.05, 4.69) is 5.32 Å². The fraction of sp³-hybridized carbons (Fsp3) is 0.278. The Bertz CT molecular complexity index is 819. The number of hydrogen-bond acceptors (Lipinski definition) is 4. The molecule has 26 heavy (non-hydrogen) atoms. The lowest BCUT2D eigenvalue weighted by Crippen LogP contribution is -2.14. The Balaban J connectivity index is 1.54. The van der Waals surface area contributed by atoms with Gasteiger partial charge < -0.3 is 14.8 Å². The smallest absolute Gasteiger partial charge is 0.234 e. The number of rotatable bonds is 5. The summed E-state index contributed by atoms with van der Waals surface area (Å²) in [6, 6.07) is 6.87. The van der Waals surface area contributed by atoms with Gasteiger partial charge in [0.1, 0.15) is 0 Å². The topological polar surface area (TPSA) is 47.6 Å². The number of hydrogen-bond donors (Lipinski definition) is 1. The van der Waals surface area contributed by atoms with E-state index < -0.39 is 11.6 Å². The lowest BCUT2D eigenvalue weighted by Gasteiger charge is -2.11. The van der Waals surface area contributed by atoms with Gasteiger partial charge in [0.05, 0.1) is 24.0 Å². The number of nitrogens with one attached hydrogen (secondary N) is 1. The van der Waals surface area contributed by atoms with Crippen LogP contribution >= 0.6 is 23.4 Å². The van der Waals surface area contributed by atoms with Crippen molar-refractivity contribution in [3.63, 3.8) is 0 Å². The van der Waals surface area contributed by atoms with Crippen LogP contribution in [0.1, 0.15) is 12.0 Å². The number of halogens is 3. The molecular formula is C18H16ClF2NO3S. The van der Waals surface area contributed by atoms with Crippen LogP contribution in [0, 0.1) is 11.6 Å². The molecule has 0 spiro atoms. The summed E-state index contributed by atoms with van der Waals surface area (Å²) in [5.74, 6) is -0.402. The van der Waals surface area contributed by atoms with Crippen molar-refractivity contribution in [2.75, 3.05) is 24.3 Å². The SMILES string of the molecule is O=C(CSCc1cc(Cl)c2c(c1)OCCCO2)Nc1ccc(F)c(F)c1. The summed E-state index contributed by atoms with van der Waals surface area (Å²) in [6.45, 7) is 1.13. The van der Waals surface area contributed by atoms with Crippen molar-refractivity contribution in [2.24, 2.45) is 0 Å². The fourth-order valence-corrected chi connectivity index (χ4v) is 3.45.